The molecule has 0 radical (unpaired) electrons. The van der Waals surface area contributed by atoms with Crippen molar-refractivity contribution < 1.29 is 9.90 Å². The van der Waals surface area contributed by atoms with Crippen LogP contribution in [-0.2, 0) is 11.2 Å². The van der Waals surface area contributed by atoms with Crippen LogP contribution in [0, 0.1) is 0 Å². The maximum Gasteiger partial charge on any atom is 0.326 e. The van der Waals surface area contributed by atoms with Crippen LogP contribution in [0.2, 0.25) is 0 Å². The standard InChI is InChI=1S/C14H14N2O2/c17-14(18)13(9-11-5-2-1-3-6-11)16-12-7-4-8-15-10-12/h1-8,10,13,16H,9H2,(H,17,18)/t13-/m0/s1. The zero-order valence-corrected chi connectivity index (χ0v) is 9.78. The van der Waals surface area contributed by atoms with Crippen LogP contribution in [-0.4, -0.2) is 22.1 Å². The summed E-state index contributed by atoms with van der Waals surface area (Å²) in [5.41, 5.74) is 1.70. The molecule has 1 atom stereocenters. The Kier molecular flexibility index (Phi) is 3.91. The first-order valence-corrected chi connectivity index (χ1v) is 5.69. The summed E-state index contributed by atoms with van der Waals surface area (Å²) in [6.07, 6.45) is 3.70. The van der Waals surface area contributed by atoms with Gasteiger partial charge in [-0.1, -0.05) is 30.3 Å². The van der Waals surface area contributed by atoms with Crippen molar-refractivity contribution in [3.8, 4) is 0 Å². The Labute approximate surface area is 105 Å². The number of nitrogens with zero attached hydrogens (tertiary/aromatic N) is 1. The van der Waals surface area contributed by atoms with Crippen molar-refractivity contribution >= 4 is 11.7 Å². The molecule has 92 valence electrons. The highest BCUT2D eigenvalue weighted by atomic mass is 16.4. The predicted octanol–water partition coefficient (Wildman–Crippen LogP) is 2.19. The van der Waals surface area contributed by atoms with Gasteiger partial charge in [0.05, 0.1) is 5.69 Å². The number of anilines is 1. The van der Waals surface area contributed by atoms with E-state index in [0.717, 1.165) is 5.56 Å². The van der Waals surface area contributed by atoms with E-state index in [4.69, 9.17) is 0 Å². The maximum absolute atomic E-state index is 11.2. The summed E-state index contributed by atoms with van der Waals surface area (Å²) >= 11 is 0. The van der Waals surface area contributed by atoms with Gasteiger partial charge >= 0.3 is 5.97 Å². The molecular weight excluding hydrogens is 228 g/mol. The smallest absolute Gasteiger partial charge is 0.326 e. The Bertz CT molecular complexity index is 458. The number of aromatic nitrogens is 1. The minimum absolute atomic E-state index is 0.436. The first-order chi connectivity index (χ1) is 8.75. The summed E-state index contributed by atoms with van der Waals surface area (Å²) < 4.78 is 0. The SMILES string of the molecule is O=C(O)[C@H](Cc1ccccc1)Nc1cccnc1. The Morgan fingerprint density at radius 2 is 2.00 bits per heavy atom. The molecule has 0 saturated heterocycles. The lowest BCUT2D eigenvalue weighted by Crippen LogP contribution is -2.31. The van der Waals surface area contributed by atoms with E-state index in [1.807, 2.05) is 30.3 Å². The van der Waals surface area contributed by atoms with Gasteiger partial charge in [-0.3, -0.25) is 4.98 Å². The fraction of sp³-hybridized carbons (Fsp3) is 0.143. The molecule has 0 spiro atoms. The van der Waals surface area contributed by atoms with Crippen LogP contribution in [0.1, 0.15) is 5.56 Å². The largest absolute Gasteiger partial charge is 0.480 e. The predicted molar refractivity (Wildman–Crippen MR) is 69.4 cm³/mol. The van der Waals surface area contributed by atoms with Crippen molar-refractivity contribution in [3.63, 3.8) is 0 Å². The zero-order valence-electron chi connectivity index (χ0n) is 9.78. The highest BCUT2D eigenvalue weighted by Gasteiger charge is 2.17. The first-order valence-electron chi connectivity index (χ1n) is 5.69. The quantitative estimate of drug-likeness (QED) is 0.843. The summed E-state index contributed by atoms with van der Waals surface area (Å²) in [5.74, 6) is -0.872. The molecule has 1 aromatic heterocycles. The molecule has 0 aliphatic heterocycles. The van der Waals surface area contributed by atoms with Crippen molar-refractivity contribution in [1.82, 2.24) is 4.98 Å². The molecule has 0 amide bonds. The van der Waals surface area contributed by atoms with Gasteiger partial charge in [0.25, 0.3) is 0 Å². The Morgan fingerprint density at radius 3 is 2.61 bits per heavy atom. The monoisotopic (exact) mass is 242 g/mol. The molecule has 1 aromatic carbocycles. The van der Waals surface area contributed by atoms with Gasteiger partial charge in [0, 0.05) is 18.8 Å². The summed E-state index contributed by atoms with van der Waals surface area (Å²) in [7, 11) is 0. The molecule has 0 aliphatic rings. The van der Waals surface area contributed by atoms with Gasteiger partial charge in [0.2, 0.25) is 0 Å². The second-order valence-electron chi connectivity index (χ2n) is 3.97. The van der Waals surface area contributed by atoms with E-state index in [9.17, 15) is 9.90 Å². The van der Waals surface area contributed by atoms with Crippen LogP contribution in [0.5, 0.6) is 0 Å². The van der Waals surface area contributed by atoms with E-state index in [1.165, 1.54) is 0 Å². The highest BCUT2D eigenvalue weighted by molar-refractivity contribution is 5.77. The Morgan fingerprint density at radius 1 is 1.22 bits per heavy atom. The van der Waals surface area contributed by atoms with Gasteiger partial charge in [-0.05, 0) is 17.7 Å². The van der Waals surface area contributed by atoms with E-state index in [1.54, 1.807) is 24.5 Å². The molecule has 0 saturated carbocycles. The van der Waals surface area contributed by atoms with Gasteiger partial charge in [0.1, 0.15) is 6.04 Å². The molecule has 1 heterocycles. The second kappa shape index (κ2) is 5.82. The van der Waals surface area contributed by atoms with Crippen LogP contribution in [0.15, 0.2) is 54.9 Å². The average Bonchev–Trinajstić information content (AvgIpc) is 2.40. The van der Waals surface area contributed by atoms with Gasteiger partial charge in [-0.15, -0.1) is 0 Å². The fourth-order valence-corrected chi connectivity index (χ4v) is 1.70. The molecule has 2 rings (SSSR count). The first kappa shape index (κ1) is 12.1. The third-order valence-electron chi connectivity index (χ3n) is 2.58. The van der Waals surface area contributed by atoms with E-state index in [0.29, 0.717) is 12.1 Å². The van der Waals surface area contributed by atoms with E-state index >= 15 is 0 Å². The molecule has 4 heteroatoms. The number of hydrogen-bond donors (Lipinski definition) is 2. The lowest BCUT2D eigenvalue weighted by molar-refractivity contribution is -0.137. The summed E-state index contributed by atoms with van der Waals surface area (Å²) in [5, 5.41) is 12.2. The van der Waals surface area contributed by atoms with Crippen LogP contribution in [0.3, 0.4) is 0 Å². The number of aliphatic carboxylic acids is 1. The van der Waals surface area contributed by atoms with Gasteiger partial charge in [-0.2, -0.15) is 0 Å². The van der Waals surface area contributed by atoms with Gasteiger partial charge in [-0.25, -0.2) is 4.79 Å². The topological polar surface area (TPSA) is 62.2 Å². The number of carboxylic acid groups (broad SMARTS) is 1. The van der Waals surface area contributed by atoms with Crippen LogP contribution < -0.4 is 5.32 Å². The lowest BCUT2D eigenvalue weighted by atomic mass is 10.1. The second-order valence-corrected chi connectivity index (χ2v) is 3.97. The lowest BCUT2D eigenvalue weighted by Gasteiger charge is -2.15. The fourth-order valence-electron chi connectivity index (χ4n) is 1.70. The van der Waals surface area contributed by atoms with Crippen molar-refractivity contribution in [1.29, 1.82) is 0 Å². The normalized spacial score (nSPS) is 11.8. The number of pyridine rings is 1. The Balaban J connectivity index is 2.08. The molecule has 2 aromatic rings. The zero-order chi connectivity index (χ0) is 12.8. The molecule has 0 fully saturated rings. The maximum atomic E-state index is 11.2. The van der Waals surface area contributed by atoms with E-state index < -0.39 is 12.0 Å². The van der Waals surface area contributed by atoms with Gasteiger partial charge < -0.3 is 10.4 Å². The van der Waals surface area contributed by atoms with Gasteiger partial charge in [0.15, 0.2) is 0 Å². The number of hydrogen-bond acceptors (Lipinski definition) is 3. The van der Waals surface area contributed by atoms with Crippen LogP contribution >= 0.6 is 0 Å². The molecule has 4 nitrogen and oxygen atoms in total. The minimum atomic E-state index is -0.872. The third-order valence-corrected chi connectivity index (χ3v) is 2.58. The van der Waals surface area contributed by atoms with Crippen LogP contribution in [0.4, 0.5) is 5.69 Å². The van der Waals surface area contributed by atoms with E-state index in [-0.39, 0.29) is 0 Å². The van der Waals surface area contributed by atoms with Crippen LogP contribution in [0.25, 0.3) is 0 Å². The highest BCUT2D eigenvalue weighted by Crippen LogP contribution is 2.10. The molecule has 0 aliphatic carbocycles. The molecule has 18 heavy (non-hydrogen) atoms. The Hall–Kier alpha value is -2.36. The average molecular weight is 242 g/mol. The van der Waals surface area contributed by atoms with Crippen molar-refractivity contribution in [2.45, 2.75) is 12.5 Å². The molecule has 0 unspecified atom stereocenters. The summed E-state index contributed by atoms with van der Waals surface area (Å²) in [4.78, 5) is 15.2. The third kappa shape index (κ3) is 3.31. The number of rotatable bonds is 5. The number of carboxylic acids is 1. The van der Waals surface area contributed by atoms with Crippen molar-refractivity contribution in [2.24, 2.45) is 0 Å². The van der Waals surface area contributed by atoms with E-state index in [2.05, 4.69) is 10.3 Å². The summed E-state index contributed by atoms with van der Waals surface area (Å²) in [6.45, 7) is 0. The summed E-state index contributed by atoms with van der Waals surface area (Å²) in [6, 6.07) is 12.5. The molecular formula is C14H14N2O2. The minimum Gasteiger partial charge on any atom is -0.480 e. The van der Waals surface area contributed by atoms with Crippen molar-refractivity contribution in [3.05, 3.63) is 60.4 Å². The molecule has 2 N–H and O–H groups in total. The number of benzene rings is 1. The number of nitrogens with one attached hydrogen (secondary N) is 1. The number of carbonyl (C=O) groups is 1. The molecule has 0 bridgehead atoms. The van der Waals surface area contributed by atoms with Crippen molar-refractivity contribution in [2.75, 3.05) is 5.32 Å².